The SMILES string of the molecule is Cc1cc2c(cc1C(=O)O)c(C)cn2CCO. The number of nitrogens with zero attached hydrogens (tertiary/aromatic N) is 1. The van der Waals surface area contributed by atoms with E-state index < -0.39 is 5.97 Å². The molecular weight excluding hydrogens is 218 g/mol. The van der Waals surface area contributed by atoms with E-state index in [1.807, 2.05) is 23.8 Å². The van der Waals surface area contributed by atoms with Crippen LogP contribution in [0.2, 0.25) is 0 Å². The lowest BCUT2D eigenvalue weighted by Gasteiger charge is -2.05. The topological polar surface area (TPSA) is 62.5 Å². The number of hydrogen-bond acceptors (Lipinski definition) is 2. The summed E-state index contributed by atoms with van der Waals surface area (Å²) in [6, 6.07) is 3.57. The Bertz CT molecular complexity index is 584. The number of hydrogen-bond donors (Lipinski definition) is 2. The monoisotopic (exact) mass is 233 g/mol. The summed E-state index contributed by atoms with van der Waals surface area (Å²) in [5.74, 6) is -0.904. The first kappa shape index (κ1) is 11.7. The number of carboxylic acids is 1. The highest BCUT2D eigenvalue weighted by Crippen LogP contribution is 2.24. The number of rotatable bonds is 3. The maximum atomic E-state index is 11.1. The molecule has 0 unspecified atom stereocenters. The molecule has 0 saturated heterocycles. The lowest BCUT2D eigenvalue weighted by molar-refractivity contribution is 0.0696. The van der Waals surface area contributed by atoms with Crippen LogP contribution in [0.5, 0.6) is 0 Å². The van der Waals surface area contributed by atoms with E-state index in [2.05, 4.69) is 0 Å². The minimum absolute atomic E-state index is 0.0724. The largest absolute Gasteiger partial charge is 0.478 e. The molecule has 0 radical (unpaired) electrons. The molecule has 1 aromatic carbocycles. The number of carbonyl (C=O) groups is 1. The van der Waals surface area contributed by atoms with Gasteiger partial charge in [0.05, 0.1) is 12.2 Å². The van der Waals surface area contributed by atoms with Crippen LogP contribution in [0.4, 0.5) is 0 Å². The maximum absolute atomic E-state index is 11.1. The zero-order valence-corrected chi connectivity index (χ0v) is 9.90. The first-order chi connectivity index (χ1) is 8.04. The van der Waals surface area contributed by atoms with Crippen molar-refractivity contribution in [1.29, 1.82) is 0 Å². The van der Waals surface area contributed by atoms with Crippen molar-refractivity contribution in [2.24, 2.45) is 0 Å². The quantitative estimate of drug-likeness (QED) is 0.851. The highest BCUT2D eigenvalue weighted by Gasteiger charge is 2.12. The van der Waals surface area contributed by atoms with Gasteiger partial charge >= 0.3 is 5.97 Å². The lowest BCUT2D eigenvalue weighted by Crippen LogP contribution is -2.02. The first-order valence-corrected chi connectivity index (χ1v) is 5.49. The second-order valence-corrected chi connectivity index (χ2v) is 4.22. The Labute approximate surface area is 99.1 Å². The fraction of sp³-hybridized carbons (Fsp3) is 0.308. The van der Waals surface area contributed by atoms with E-state index in [0.29, 0.717) is 12.1 Å². The molecule has 1 aromatic heterocycles. The molecule has 0 fully saturated rings. The molecule has 0 aliphatic heterocycles. The Kier molecular flexibility index (Phi) is 2.90. The molecule has 0 saturated carbocycles. The van der Waals surface area contributed by atoms with E-state index in [4.69, 9.17) is 10.2 Å². The number of aromatic carboxylic acids is 1. The summed E-state index contributed by atoms with van der Waals surface area (Å²) in [5.41, 5.74) is 3.07. The number of aromatic nitrogens is 1. The molecule has 2 rings (SSSR count). The van der Waals surface area contributed by atoms with Crippen LogP contribution in [0.15, 0.2) is 18.3 Å². The Morgan fingerprint density at radius 3 is 2.59 bits per heavy atom. The Morgan fingerprint density at radius 2 is 2.00 bits per heavy atom. The van der Waals surface area contributed by atoms with Crippen molar-refractivity contribution in [3.8, 4) is 0 Å². The minimum Gasteiger partial charge on any atom is -0.478 e. The zero-order chi connectivity index (χ0) is 12.6. The van der Waals surface area contributed by atoms with Gasteiger partial charge < -0.3 is 14.8 Å². The summed E-state index contributed by atoms with van der Waals surface area (Å²) >= 11 is 0. The Balaban J connectivity index is 2.71. The van der Waals surface area contributed by atoms with Crippen LogP contribution in [0, 0.1) is 13.8 Å². The van der Waals surface area contributed by atoms with E-state index in [9.17, 15) is 4.79 Å². The fourth-order valence-corrected chi connectivity index (χ4v) is 2.14. The van der Waals surface area contributed by atoms with Crippen molar-refractivity contribution in [3.63, 3.8) is 0 Å². The van der Waals surface area contributed by atoms with Gasteiger partial charge in [-0.2, -0.15) is 0 Å². The minimum atomic E-state index is -0.904. The van der Waals surface area contributed by atoms with Crippen LogP contribution in [0.1, 0.15) is 21.5 Å². The van der Waals surface area contributed by atoms with Crippen LogP contribution >= 0.6 is 0 Å². The van der Waals surface area contributed by atoms with Gasteiger partial charge in [0.2, 0.25) is 0 Å². The fourth-order valence-electron chi connectivity index (χ4n) is 2.14. The molecule has 0 atom stereocenters. The highest BCUT2D eigenvalue weighted by atomic mass is 16.4. The first-order valence-electron chi connectivity index (χ1n) is 5.49. The van der Waals surface area contributed by atoms with Crippen molar-refractivity contribution in [1.82, 2.24) is 4.57 Å². The average Bonchev–Trinajstić information content (AvgIpc) is 2.55. The van der Waals surface area contributed by atoms with E-state index in [1.54, 1.807) is 13.0 Å². The van der Waals surface area contributed by atoms with Gasteiger partial charge in [0.1, 0.15) is 0 Å². The highest BCUT2D eigenvalue weighted by molar-refractivity contribution is 5.96. The van der Waals surface area contributed by atoms with Crippen molar-refractivity contribution >= 4 is 16.9 Å². The van der Waals surface area contributed by atoms with Crippen molar-refractivity contribution in [3.05, 3.63) is 35.0 Å². The summed E-state index contributed by atoms with van der Waals surface area (Å²) in [5, 5.41) is 19.0. The average molecular weight is 233 g/mol. The van der Waals surface area contributed by atoms with Gasteiger partial charge in [-0.1, -0.05) is 0 Å². The van der Waals surface area contributed by atoms with Crippen LogP contribution in [-0.4, -0.2) is 27.4 Å². The molecular formula is C13H15NO3. The van der Waals surface area contributed by atoms with Crippen molar-refractivity contribution in [2.75, 3.05) is 6.61 Å². The summed E-state index contributed by atoms with van der Waals surface area (Å²) < 4.78 is 1.95. The molecule has 0 aliphatic carbocycles. The molecule has 17 heavy (non-hydrogen) atoms. The molecule has 90 valence electrons. The normalized spacial score (nSPS) is 11.0. The van der Waals surface area contributed by atoms with E-state index >= 15 is 0 Å². The summed E-state index contributed by atoms with van der Waals surface area (Å²) in [6.07, 6.45) is 1.94. The summed E-state index contributed by atoms with van der Waals surface area (Å²) in [7, 11) is 0. The Hall–Kier alpha value is -1.81. The molecule has 0 bridgehead atoms. The van der Waals surface area contributed by atoms with E-state index in [0.717, 1.165) is 22.0 Å². The molecule has 0 aliphatic rings. The molecule has 1 heterocycles. The number of aryl methyl sites for hydroxylation is 2. The molecule has 2 aromatic rings. The molecule has 4 heteroatoms. The summed E-state index contributed by atoms with van der Waals surface area (Å²) in [6.45, 7) is 4.32. The second-order valence-electron chi connectivity index (χ2n) is 4.22. The smallest absolute Gasteiger partial charge is 0.335 e. The van der Waals surface area contributed by atoms with Gasteiger partial charge in [-0.25, -0.2) is 4.79 Å². The molecule has 4 nitrogen and oxygen atoms in total. The molecule has 0 spiro atoms. The molecule has 0 amide bonds. The zero-order valence-electron chi connectivity index (χ0n) is 9.90. The van der Waals surface area contributed by atoms with Gasteiger partial charge in [0.15, 0.2) is 0 Å². The van der Waals surface area contributed by atoms with E-state index in [-0.39, 0.29) is 6.61 Å². The lowest BCUT2D eigenvalue weighted by atomic mass is 10.0. The van der Waals surface area contributed by atoms with Gasteiger partial charge in [-0.05, 0) is 37.1 Å². The third-order valence-corrected chi connectivity index (χ3v) is 3.00. The third kappa shape index (κ3) is 1.91. The van der Waals surface area contributed by atoms with E-state index in [1.165, 1.54) is 0 Å². The number of carboxylic acid groups (broad SMARTS) is 1. The van der Waals surface area contributed by atoms with Gasteiger partial charge in [-0.15, -0.1) is 0 Å². The van der Waals surface area contributed by atoms with Crippen LogP contribution in [0.25, 0.3) is 10.9 Å². The second kappa shape index (κ2) is 4.22. The predicted molar refractivity (Wildman–Crippen MR) is 65.5 cm³/mol. The number of aliphatic hydroxyl groups is 1. The summed E-state index contributed by atoms with van der Waals surface area (Å²) in [4.78, 5) is 11.1. The maximum Gasteiger partial charge on any atom is 0.335 e. The number of fused-ring (bicyclic) bond motifs is 1. The van der Waals surface area contributed by atoms with Crippen LogP contribution in [0.3, 0.4) is 0 Å². The van der Waals surface area contributed by atoms with Crippen LogP contribution < -0.4 is 0 Å². The number of aliphatic hydroxyl groups excluding tert-OH is 1. The Morgan fingerprint density at radius 1 is 1.29 bits per heavy atom. The van der Waals surface area contributed by atoms with Crippen molar-refractivity contribution < 1.29 is 15.0 Å². The third-order valence-electron chi connectivity index (χ3n) is 3.00. The predicted octanol–water partition coefficient (Wildman–Crippen LogP) is 1.95. The van der Waals surface area contributed by atoms with Gasteiger partial charge in [-0.3, -0.25) is 0 Å². The number of benzene rings is 1. The van der Waals surface area contributed by atoms with Crippen molar-refractivity contribution in [2.45, 2.75) is 20.4 Å². The van der Waals surface area contributed by atoms with Gasteiger partial charge in [0.25, 0.3) is 0 Å². The standard InChI is InChI=1S/C13H15NO3/c1-8-5-12-10(6-11(8)13(16)17)9(2)7-14(12)3-4-15/h5-7,15H,3-4H2,1-2H3,(H,16,17). The van der Waals surface area contributed by atoms with Crippen LogP contribution in [-0.2, 0) is 6.54 Å². The molecule has 2 N–H and O–H groups in total. The van der Waals surface area contributed by atoms with Gasteiger partial charge in [0, 0.05) is 23.6 Å².